The molecule has 1 aromatic rings. The van der Waals surface area contributed by atoms with Crippen molar-refractivity contribution in [1.29, 1.82) is 0 Å². The molecule has 0 heterocycles. The predicted octanol–water partition coefficient (Wildman–Crippen LogP) is 1.81. The molecule has 0 aliphatic heterocycles. The van der Waals surface area contributed by atoms with E-state index in [0.29, 0.717) is 12.5 Å². The molecule has 0 saturated heterocycles. The highest BCUT2D eigenvalue weighted by Crippen LogP contribution is 2.45. The van der Waals surface area contributed by atoms with E-state index in [2.05, 4.69) is 19.1 Å². The van der Waals surface area contributed by atoms with Crippen LogP contribution in [-0.2, 0) is 12.0 Å². The van der Waals surface area contributed by atoms with Crippen LogP contribution < -0.4 is 5.73 Å². The van der Waals surface area contributed by atoms with Crippen LogP contribution in [0.25, 0.3) is 0 Å². The van der Waals surface area contributed by atoms with Gasteiger partial charge >= 0.3 is 0 Å². The lowest BCUT2D eigenvalue weighted by atomic mass is 9.88. The van der Waals surface area contributed by atoms with E-state index in [1.807, 2.05) is 12.1 Å². The number of hydrogen-bond donors (Lipinski definition) is 2. The molecule has 1 atom stereocenters. The molecular weight excluding hydrogens is 186 g/mol. The van der Waals surface area contributed by atoms with E-state index in [4.69, 9.17) is 5.73 Å². The number of aliphatic hydroxyl groups is 1. The molecule has 1 fully saturated rings. The Morgan fingerprint density at radius 3 is 2.33 bits per heavy atom. The van der Waals surface area contributed by atoms with Crippen molar-refractivity contribution in [2.45, 2.75) is 31.8 Å². The Balaban J connectivity index is 2.26. The highest BCUT2D eigenvalue weighted by atomic mass is 16.3. The predicted molar refractivity (Wildman–Crippen MR) is 61.5 cm³/mol. The zero-order valence-corrected chi connectivity index (χ0v) is 9.24. The van der Waals surface area contributed by atoms with Crippen molar-refractivity contribution >= 4 is 0 Å². The lowest BCUT2D eigenvalue weighted by molar-refractivity contribution is 0.0222. The number of aryl methyl sites for hydroxylation is 1. The van der Waals surface area contributed by atoms with Crippen LogP contribution in [0.5, 0.6) is 0 Å². The van der Waals surface area contributed by atoms with Gasteiger partial charge in [-0.1, -0.05) is 31.2 Å². The quantitative estimate of drug-likeness (QED) is 0.787. The van der Waals surface area contributed by atoms with Gasteiger partial charge in [0.25, 0.3) is 0 Å². The lowest BCUT2D eigenvalue weighted by Crippen LogP contribution is -2.37. The Morgan fingerprint density at radius 1 is 1.33 bits per heavy atom. The summed E-state index contributed by atoms with van der Waals surface area (Å²) in [4.78, 5) is 0. The molecule has 1 unspecified atom stereocenters. The fourth-order valence-electron chi connectivity index (χ4n) is 2.11. The average Bonchev–Trinajstić information content (AvgIpc) is 3.12. The second-order valence-corrected chi connectivity index (χ2v) is 4.45. The van der Waals surface area contributed by atoms with Gasteiger partial charge in [0.2, 0.25) is 0 Å². The summed E-state index contributed by atoms with van der Waals surface area (Å²) in [5.74, 6) is 0.370. The van der Waals surface area contributed by atoms with Crippen molar-refractivity contribution in [3.8, 4) is 0 Å². The maximum absolute atomic E-state index is 10.5. The Bertz CT molecular complexity index is 329. The first-order valence-corrected chi connectivity index (χ1v) is 5.72. The van der Waals surface area contributed by atoms with Crippen LogP contribution >= 0.6 is 0 Å². The van der Waals surface area contributed by atoms with Crippen molar-refractivity contribution in [1.82, 2.24) is 0 Å². The summed E-state index contributed by atoms with van der Waals surface area (Å²) < 4.78 is 0. The monoisotopic (exact) mass is 205 g/mol. The van der Waals surface area contributed by atoms with Gasteiger partial charge in [-0.2, -0.15) is 0 Å². The van der Waals surface area contributed by atoms with Gasteiger partial charge in [0.05, 0.1) is 0 Å². The Hall–Kier alpha value is -0.860. The zero-order valence-electron chi connectivity index (χ0n) is 9.24. The average molecular weight is 205 g/mol. The van der Waals surface area contributed by atoms with Crippen molar-refractivity contribution in [2.75, 3.05) is 6.54 Å². The first-order valence-electron chi connectivity index (χ1n) is 5.72. The molecule has 2 rings (SSSR count). The third-order valence-corrected chi connectivity index (χ3v) is 3.43. The van der Waals surface area contributed by atoms with Gasteiger partial charge in [-0.05, 0) is 36.3 Å². The summed E-state index contributed by atoms with van der Waals surface area (Å²) in [5.41, 5.74) is 7.19. The first-order chi connectivity index (χ1) is 7.20. The Kier molecular flexibility index (Phi) is 2.81. The van der Waals surface area contributed by atoms with E-state index in [0.717, 1.165) is 24.8 Å². The van der Waals surface area contributed by atoms with Crippen molar-refractivity contribution < 1.29 is 5.11 Å². The van der Waals surface area contributed by atoms with E-state index in [-0.39, 0.29) is 0 Å². The molecule has 0 bridgehead atoms. The summed E-state index contributed by atoms with van der Waals surface area (Å²) >= 11 is 0. The minimum Gasteiger partial charge on any atom is -0.384 e. The molecular formula is C13H19NO. The molecule has 0 aromatic heterocycles. The maximum atomic E-state index is 10.5. The molecule has 1 saturated carbocycles. The van der Waals surface area contributed by atoms with Crippen LogP contribution in [0.1, 0.15) is 30.9 Å². The second-order valence-electron chi connectivity index (χ2n) is 4.45. The third-order valence-electron chi connectivity index (χ3n) is 3.43. The van der Waals surface area contributed by atoms with Crippen LogP contribution in [0.15, 0.2) is 24.3 Å². The summed E-state index contributed by atoms with van der Waals surface area (Å²) in [7, 11) is 0. The van der Waals surface area contributed by atoms with Crippen LogP contribution in [0.4, 0.5) is 0 Å². The van der Waals surface area contributed by atoms with Gasteiger partial charge in [-0.15, -0.1) is 0 Å². The van der Waals surface area contributed by atoms with Crippen molar-refractivity contribution in [3.63, 3.8) is 0 Å². The molecule has 1 aliphatic rings. The highest BCUT2D eigenvalue weighted by molar-refractivity contribution is 5.29. The summed E-state index contributed by atoms with van der Waals surface area (Å²) in [6.45, 7) is 2.45. The Labute approximate surface area is 91.1 Å². The van der Waals surface area contributed by atoms with Gasteiger partial charge in [0.1, 0.15) is 5.60 Å². The normalized spacial score (nSPS) is 19.9. The fourth-order valence-corrected chi connectivity index (χ4v) is 2.11. The number of rotatable bonds is 4. The molecule has 0 radical (unpaired) electrons. The molecule has 82 valence electrons. The maximum Gasteiger partial charge on any atom is 0.105 e. The van der Waals surface area contributed by atoms with Gasteiger partial charge in [0.15, 0.2) is 0 Å². The molecule has 2 nitrogen and oxygen atoms in total. The first kappa shape index (κ1) is 10.7. The summed E-state index contributed by atoms with van der Waals surface area (Å²) in [6, 6.07) is 8.20. The van der Waals surface area contributed by atoms with Gasteiger partial charge < -0.3 is 10.8 Å². The highest BCUT2D eigenvalue weighted by Gasteiger charge is 2.43. The van der Waals surface area contributed by atoms with Gasteiger partial charge in [-0.25, -0.2) is 0 Å². The van der Waals surface area contributed by atoms with Crippen molar-refractivity contribution in [2.24, 2.45) is 11.7 Å². The van der Waals surface area contributed by atoms with E-state index in [9.17, 15) is 5.11 Å². The minimum atomic E-state index is -0.785. The summed E-state index contributed by atoms with van der Waals surface area (Å²) in [5, 5.41) is 10.5. The molecule has 2 heteroatoms. The molecule has 3 N–H and O–H groups in total. The number of benzene rings is 1. The largest absolute Gasteiger partial charge is 0.384 e. The lowest BCUT2D eigenvalue weighted by Gasteiger charge is -2.27. The van der Waals surface area contributed by atoms with Crippen LogP contribution in [0.2, 0.25) is 0 Å². The van der Waals surface area contributed by atoms with E-state index < -0.39 is 5.60 Å². The number of nitrogens with two attached hydrogens (primary N) is 1. The van der Waals surface area contributed by atoms with Crippen LogP contribution in [0.3, 0.4) is 0 Å². The molecule has 1 aliphatic carbocycles. The van der Waals surface area contributed by atoms with E-state index in [1.165, 1.54) is 5.56 Å². The van der Waals surface area contributed by atoms with Gasteiger partial charge in [0, 0.05) is 6.54 Å². The second kappa shape index (κ2) is 3.95. The van der Waals surface area contributed by atoms with E-state index in [1.54, 1.807) is 0 Å². The topological polar surface area (TPSA) is 46.2 Å². The number of hydrogen-bond acceptors (Lipinski definition) is 2. The SMILES string of the molecule is CCc1ccc(C(O)(CN)C2CC2)cc1. The van der Waals surface area contributed by atoms with Crippen molar-refractivity contribution in [3.05, 3.63) is 35.4 Å². The van der Waals surface area contributed by atoms with E-state index >= 15 is 0 Å². The van der Waals surface area contributed by atoms with Crippen LogP contribution in [-0.4, -0.2) is 11.7 Å². The summed E-state index contributed by atoms with van der Waals surface area (Å²) in [6.07, 6.45) is 3.23. The standard InChI is InChI=1S/C13H19NO/c1-2-10-3-5-11(6-4-10)13(15,9-14)12-7-8-12/h3-6,12,15H,2,7-9,14H2,1H3. The Morgan fingerprint density at radius 2 is 1.93 bits per heavy atom. The van der Waals surface area contributed by atoms with Crippen LogP contribution in [0, 0.1) is 5.92 Å². The zero-order chi connectivity index (χ0) is 10.9. The molecule has 15 heavy (non-hydrogen) atoms. The smallest absolute Gasteiger partial charge is 0.105 e. The molecule has 0 amide bonds. The third kappa shape index (κ3) is 1.92. The van der Waals surface area contributed by atoms with Gasteiger partial charge in [-0.3, -0.25) is 0 Å². The molecule has 0 spiro atoms. The minimum absolute atomic E-state index is 0.323. The molecule has 1 aromatic carbocycles. The fraction of sp³-hybridized carbons (Fsp3) is 0.538.